The zero-order chi connectivity index (χ0) is 15.5. The average Bonchev–Trinajstić information content (AvgIpc) is 2.46. The highest BCUT2D eigenvalue weighted by molar-refractivity contribution is 6.30. The minimum absolute atomic E-state index is 0.155. The molecule has 0 spiro atoms. The number of aliphatic carboxylic acids is 1. The summed E-state index contributed by atoms with van der Waals surface area (Å²) in [6.07, 6.45) is 4.51. The number of rotatable bonds is 3. The van der Waals surface area contributed by atoms with E-state index in [4.69, 9.17) is 11.6 Å². The van der Waals surface area contributed by atoms with Crippen LogP contribution in [0.1, 0.15) is 25.3 Å². The van der Waals surface area contributed by atoms with Gasteiger partial charge < -0.3 is 10.0 Å². The Bertz CT molecular complexity index is 567. The van der Waals surface area contributed by atoms with Gasteiger partial charge in [-0.1, -0.05) is 23.7 Å². The Kier molecular flexibility index (Phi) is 4.68. The standard InChI is InChI=1S/C16H18ClNO3/c1-16(15(20)21)9-2-10-18(11-16)14(19)8-5-12-3-6-13(17)7-4-12/h3-8H,2,9-11H2,1H3,(H,20,21). The summed E-state index contributed by atoms with van der Waals surface area (Å²) in [6.45, 7) is 2.55. The van der Waals surface area contributed by atoms with Gasteiger partial charge >= 0.3 is 5.97 Å². The first-order valence-corrected chi connectivity index (χ1v) is 7.24. The Morgan fingerprint density at radius 1 is 1.33 bits per heavy atom. The zero-order valence-electron chi connectivity index (χ0n) is 11.9. The van der Waals surface area contributed by atoms with Gasteiger partial charge in [-0.15, -0.1) is 0 Å². The predicted octanol–water partition coefficient (Wildman–Crippen LogP) is 3.07. The van der Waals surface area contributed by atoms with Gasteiger partial charge in [0.25, 0.3) is 0 Å². The molecule has 5 heteroatoms. The second-order valence-corrected chi connectivity index (χ2v) is 6.05. The normalized spacial score (nSPS) is 22.5. The highest BCUT2D eigenvalue weighted by atomic mass is 35.5. The first-order valence-electron chi connectivity index (χ1n) is 6.87. The topological polar surface area (TPSA) is 57.6 Å². The van der Waals surface area contributed by atoms with E-state index in [-0.39, 0.29) is 12.5 Å². The van der Waals surface area contributed by atoms with Gasteiger partial charge in [-0.25, -0.2) is 0 Å². The summed E-state index contributed by atoms with van der Waals surface area (Å²) in [6, 6.07) is 7.16. The number of amides is 1. The van der Waals surface area contributed by atoms with Crippen molar-refractivity contribution in [2.75, 3.05) is 13.1 Å². The Hall–Kier alpha value is -1.81. The minimum atomic E-state index is -0.846. The van der Waals surface area contributed by atoms with E-state index in [1.54, 1.807) is 30.0 Å². The maximum atomic E-state index is 12.2. The van der Waals surface area contributed by atoms with Crippen LogP contribution in [0.5, 0.6) is 0 Å². The molecule has 112 valence electrons. The molecule has 1 aliphatic rings. The van der Waals surface area contributed by atoms with Crippen LogP contribution in [-0.4, -0.2) is 35.0 Å². The number of benzene rings is 1. The van der Waals surface area contributed by atoms with Crippen LogP contribution in [0.25, 0.3) is 6.08 Å². The molecular weight excluding hydrogens is 290 g/mol. The van der Waals surface area contributed by atoms with Gasteiger partial charge in [-0.05, 0) is 43.5 Å². The number of nitrogens with zero attached hydrogens (tertiary/aromatic N) is 1. The molecule has 4 nitrogen and oxygen atoms in total. The van der Waals surface area contributed by atoms with E-state index in [0.29, 0.717) is 24.4 Å². The van der Waals surface area contributed by atoms with Crippen molar-refractivity contribution < 1.29 is 14.7 Å². The number of piperidine rings is 1. The number of hydrogen-bond donors (Lipinski definition) is 1. The van der Waals surface area contributed by atoms with Crippen LogP contribution in [0.15, 0.2) is 30.3 Å². The van der Waals surface area contributed by atoms with Crippen LogP contribution in [0, 0.1) is 5.41 Å². The van der Waals surface area contributed by atoms with Gasteiger partial charge in [0.1, 0.15) is 0 Å². The number of hydrogen-bond acceptors (Lipinski definition) is 2. The molecule has 0 aromatic heterocycles. The molecule has 0 radical (unpaired) electrons. The minimum Gasteiger partial charge on any atom is -0.481 e. The smallest absolute Gasteiger partial charge is 0.311 e. The molecule has 1 aromatic carbocycles. The first-order chi connectivity index (χ1) is 9.90. The third-order valence-corrected chi connectivity index (χ3v) is 4.06. The third kappa shape index (κ3) is 3.85. The van der Waals surface area contributed by atoms with Gasteiger partial charge in [0.2, 0.25) is 5.91 Å². The summed E-state index contributed by atoms with van der Waals surface area (Å²) in [5.74, 6) is -1.00. The van der Waals surface area contributed by atoms with E-state index in [9.17, 15) is 14.7 Å². The molecule has 1 aliphatic heterocycles. The Morgan fingerprint density at radius 3 is 2.62 bits per heavy atom. The SMILES string of the molecule is CC1(C(=O)O)CCCN(C(=O)C=Cc2ccc(Cl)cc2)C1. The molecule has 1 amide bonds. The lowest BCUT2D eigenvalue weighted by atomic mass is 9.82. The maximum absolute atomic E-state index is 12.2. The molecule has 1 fully saturated rings. The molecule has 1 heterocycles. The highest BCUT2D eigenvalue weighted by Gasteiger charge is 2.38. The van der Waals surface area contributed by atoms with Crippen molar-refractivity contribution >= 4 is 29.6 Å². The van der Waals surface area contributed by atoms with Crippen LogP contribution >= 0.6 is 11.6 Å². The number of carboxylic acids is 1. The summed E-state index contributed by atoms with van der Waals surface area (Å²) < 4.78 is 0. The summed E-state index contributed by atoms with van der Waals surface area (Å²) in [5, 5.41) is 9.91. The number of carboxylic acid groups (broad SMARTS) is 1. The Labute approximate surface area is 129 Å². The van der Waals surface area contributed by atoms with Crippen LogP contribution in [0.3, 0.4) is 0 Å². The number of likely N-dealkylation sites (tertiary alicyclic amines) is 1. The average molecular weight is 308 g/mol. The molecule has 1 unspecified atom stereocenters. The third-order valence-electron chi connectivity index (χ3n) is 3.81. The zero-order valence-corrected chi connectivity index (χ0v) is 12.6. The first kappa shape index (κ1) is 15.6. The molecule has 1 aromatic rings. The van der Waals surface area contributed by atoms with Crippen LogP contribution in [0.2, 0.25) is 5.02 Å². The van der Waals surface area contributed by atoms with E-state index >= 15 is 0 Å². The Morgan fingerprint density at radius 2 is 2.00 bits per heavy atom. The van der Waals surface area contributed by atoms with Crippen molar-refractivity contribution in [1.82, 2.24) is 4.90 Å². The maximum Gasteiger partial charge on any atom is 0.311 e. The molecule has 1 atom stereocenters. The van der Waals surface area contributed by atoms with E-state index < -0.39 is 11.4 Å². The van der Waals surface area contributed by atoms with Gasteiger partial charge in [-0.3, -0.25) is 9.59 Å². The molecule has 1 N–H and O–H groups in total. The van der Waals surface area contributed by atoms with Crippen molar-refractivity contribution in [2.45, 2.75) is 19.8 Å². The second kappa shape index (κ2) is 6.31. The molecule has 2 rings (SSSR count). The van der Waals surface area contributed by atoms with E-state index in [2.05, 4.69) is 0 Å². The second-order valence-electron chi connectivity index (χ2n) is 5.61. The van der Waals surface area contributed by atoms with E-state index in [0.717, 1.165) is 5.56 Å². The van der Waals surface area contributed by atoms with Crippen molar-refractivity contribution in [2.24, 2.45) is 5.41 Å². The van der Waals surface area contributed by atoms with E-state index in [1.807, 2.05) is 12.1 Å². The number of carbonyl (C=O) groups is 2. The summed E-state index contributed by atoms with van der Waals surface area (Å²) in [5.41, 5.74) is 0.0351. The van der Waals surface area contributed by atoms with Crippen molar-refractivity contribution in [1.29, 1.82) is 0 Å². The van der Waals surface area contributed by atoms with Gasteiger partial charge in [-0.2, -0.15) is 0 Å². The van der Waals surface area contributed by atoms with Crippen LogP contribution < -0.4 is 0 Å². The molecule has 21 heavy (non-hydrogen) atoms. The van der Waals surface area contributed by atoms with Crippen LogP contribution in [-0.2, 0) is 9.59 Å². The number of halogens is 1. The van der Waals surface area contributed by atoms with Gasteiger partial charge in [0.15, 0.2) is 0 Å². The molecule has 0 bridgehead atoms. The van der Waals surface area contributed by atoms with Gasteiger partial charge in [0, 0.05) is 24.2 Å². The quantitative estimate of drug-likeness (QED) is 0.873. The fourth-order valence-corrected chi connectivity index (χ4v) is 2.57. The molecule has 0 saturated carbocycles. The fraction of sp³-hybridized carbons (Fsp3) is 0.375. The lowest BCUT2D eigenvalue weighted by molar-refractivity contribution is -0.152. The Balaban J connectivity index is 2.03. The predicted molar refractivity (Wildman–Crippen MR) is 82.0 cm³/mol. The molecule has 1 saturated heterocycles. The lowest BCUT2D eigenvalue weighted by Gasteiger charge is -2.37. The highest BCUT2D eigenvalue weighted by Crippen LogP contribution is 2.29. The fourth-order valence-electron chi connectivity index (χ4n) is 2.45. The lowest BCUT2D eigenvalue weighted by Crippen LogP contribution is -2.47. The molecule has 0 aliphatic carbocycles. The van der Waals surface area contributed by atoms with Crippen LogP contribution in [0.4, 0.5) is 0 Å². The monoisotopic (exact) mass is 307 g/mol. The van der Waals surface area contributed by atoms with Gasteiger partial charge in [0.05, 0.1) is 5.41 Å². The summed E-state index contributed by atoms with van der Waals surface area (Å²) in [4.78, 5) is 25.1. The largest absolute Gasteiger partial charge is 0.481 e. The summed E-state index contributed by atoms with van der Waals surface area (Å²) >= 11 is 5.80. The van der Waals surface area contributed by atoms with Crippen molar-refractivity contribution in [3.8, 4) is 0 Å². The van der Waals surface area contributed by atoms with E-state index in [1.165, 1.54) is 6.08 Å². The van der Waals surface area contributed by atoms with Crippen molar-refractivity contribution in [3.05, 3.63) is 40.9 Å². The van der Waals surface area contributed by atoms with Crippen molar-refractivity contribution in [3.63, 3.8) is 0 Å². The number of carbonyl (C=O) groups excluding carboxylic acids is 1. The molecular formula is C16H18ClNO3. The summed E-state index contributed by atoms with van der Waals surface area (Å²) in [7, 11) is 0.